The van der Waals surface area contributed by atoms with E-state index < -0.39 is 0 Å². The van der Waals surface area contributed by atoms with E-state index in [0.717, 1.165) is 17.1 Å². The van der Waals surface area contributed by atoms with E-state index in [4.69, 9.17) is 10.00 Å². The number of anilines is 4. The lowest BCUT2D eigenvalue weighted by atomic mass is 10.2. The van der Waals surface area contributed by atoms with Gasteiger partial charge in [-0.15, -0.1) is 0 Å². The number of hydrogen-bond donors (Lipinski definition) is 2. The van der Waals surface area contributed by atoms with Gasteiger partial charge < -0.3 is 15.4 Å². The van der Waals surface area contributed by atoms with Gasteiger partial charge in [-0.3, -0.25) is 0 Å². The molecule has 6 nitrogen and oxygen atoms in total. The zero-order chi connectivity index (χ0) is 18.4. The zero-order valence-electron chi connectivity index (χ0n) is 14.6. The molecule has 0 radical (unpaired) electrons. The van der Waals surface area contributed by atoms with E-state index in [1.807, 2.05) is 50.2 Å². The molecule has 6 heteroatoms. The van der Waals surface area contributed by atoms with Gasteiger partial charge in [0.05, 0.1) is 23.4 Å². The Labute approximate surface area is 152 Å². The molecular weight excluding hydrogens is 326 g/mol. The van der Waals surface area contributed by atoms with Gasteiger partial charge >= 0.3 is 0 Å². The second-order valence-electron chi connectivity index (χ2n) is 5.89. The first-order valence-electron chi connectivity index (χ1n) is 8.26. The van der Waals surface area contributed by atoms with E-state index in [9.17, 15) is 0 Å². The summed E-state index contributed by atoms with van der Waals surface area (Å²) in [4.78, 5) is 8.49. The highest BCUT2D eigenvalue weighted by Crippen LogP contribution is 2.28. The molecule has 0 aliphatic carbocycles. The summed E-state index contributed by atoms with van der Waals surface area (Å²) < 4.78 is 5.82. The van der Waals surface area contributed by atoms with Crippen LogP contribution in [-0.4, -0.2) is 16.1 Å². The fourth-order valence-electron chi connectivity index (χ4n) is 2.37. The first kappa shape index (κ1) is 17.2. The topological polar surface area (TPSA) is 82.9 Å². The van der Waals surface area contributed by atoms with Crippen LogP contribution in [0.1, 0.15) is 19.4 Å². The van der Waals surface area contributed by atoms with Crippen molar-refractivity contribution >= 4 is 23.0 Å². The molecule has 0 aliphatic rings. The van der Waals surface area contributed by atoms with Crippen LogP contribution >= 0.6 is 0 Å². The van der Waals surface area contributed by atoms with Crippen molar-refractivity contribution in [3.05, 3.63) is 66.5 Å². The largest absolute Gasteiger partial charge is 0.489 e. The molecule has 0 spiro atoms. The summed E-state index contributed by atoms with van der Waals surface area (Å²) in [5.41, 5.74) is 2.21. The third kappa shape index (κ3) is 4.48. The number of nitrogens with one attached hydrogen (secondary N) is 2. The molecule has 0 amide bonds. The van der Waals surface area contributed by atoms with Gasteiger partial charge in [-0.2, -0.15) is 5.26 Å². The maximum Gasteiger partial charge on any atom is 0.143 e. The number of para-hydroxylation sites is 2. The van der Waals surface area contributed by atoms with Gasteiger partial charge in [0.15, 0.2) is 0 Å². The van der Waals surface area contributed by atoms with Crippen molar-refractivity contribution in [3.8, 4) is 11.8 Å². The summed E-state index contributed by atoms with van der Waals surface area (Å²) in [5.74, 6) is 2.02. The quantitative estimate of drug-likeness (QED) is 0.678. The molecule has 0 fully saturated rings. The smallest absolute Gasteiger partial charge is 0.143 e. The maximum atomic E-state index is 9.00. The third-order valence-corrected chi connectivity index (χ3v) is 3.44. The summed E-state index contributed by atoms with van der Waals surface area (Å²) in [6, 6.07) is 18.8. The number of nitriles is 1. The Morgan fingerprint density at radius 1 is 0.962 bits per heavy atom. The summed E-state index contributed by atoms with van der Waals surface area (Å²) in [6.07, 6.45) is 1.55. The van der Waals surface area contributed by atoms with Gasteiger partial charge in [-0.05, 0) is 44.2 Å². The predicted molar refractivity (Wildman–Crippen MR) is 102 cm³/mol. The summed E-state index contributed by atoms with van der Waals surface area (Å²) in [7, 11) is 0. The minimum Gasteiger partial charge on any atom is -0.489 e. The Morgan fingerprint density at radius 3 is 2.50 bits per heavy atom. The fraction of sp³-hybridized carbons (Fsp3) is 0.150. The van der Waals surface area contributed by atoms with Crippen molar-refractivity contribution in [1.82, 2.24) is 9.97 Å². The number of ether oxygens (including phenoxy) is 1. The molecule has 0 aliphatic heterocycles. The van der Waals surface area contributed by atoms with Crippen LogP contribution in [0.5, 0.6) is 5.75 Å². The molecule has 0 saturated carbocycles. The van der Waals surface area contributed by atoms with E-state index in [-0.39, 0.29) is 6.10 Å². The molecule has 3 aromatic rings. The van der Waals surface area contributed by atoms with Gasteiger partial charge in [0.25, 0.3) is 0 Å². The molecule has 2 N–H and O–H groups in total. The monoisotopic (exact) mass is 345 g/mol. The van der Waals surface area contributed by atoms with Crippen molar-refractivity contribution in [2.75, 3.05) is 10.6 Å². The number of aromatic nitrogens is 2. The molecule has 26 heavy (non-hydrogen) atoms. The van der Waals surface area contributed by atoms with Crippen LogP contribution in [-0.2, 0) is 0 Å². The van der Waals surface area contributed by atoms with E-state index in [2.05, 4.69) is 26.7 Å². The van der Waals surface area contributed by atoms with Crippen LogP contribution in [0.4, 0.5) is 23.0 Å². The van der Waals surface area contributed by atoms with Crippen LogP contribution in [0.3, 0.4) is 0 Å². The molecule has 0 saturated heterocycles. The van der Waals surface area contributed by atoms with Crippen molar-refractivity contribution < 1.29 is 4.74 Å². The number of rotatable bonds is 6. The van der Waals surface area contributed by atoms with Crippen LogP contribution in [0, 0.1) is 11.3 Å². The van der Waals surface area contributed by atoms with Gasteiger partial charge in [0.1, 0.15) is 23.7 Å². The first-order chi connectivity index (χ1) is 12.6. The van der Waals surface area contributed by atoms with Crippen LogP contribution < -0.4 is 15.4 Å². The van der Waals surface area contributed by atoms with Crippen molar-refractivity contribution in [2.24, 2.45) is 0 Å². The van der Waals surface area contributed by atoms with Crippen molar-refractivity contribution in [1.29, 1.82) is 5.26 Å². The molecule has 0 atom stereocenters. The summed E-state index contributed by atoms with van der Waals surface area (Å²) in [6.45, 7) is 3.97. The lowest BCUT2D eigenvalue weighted by Crippen LogP contribution is -2.07. The second-order valence-corrected chi connectivity index (χ2v) is 5.89. The third-order valence-electron chi connectivity index (χ3n) is 3.44. The Morgan fingerprint density at radius 2 is 1.73 bits per heavy atom. The zero-order valence-corrected chi connectivity index (χ0v) is 14.6. The molecule has 130 valence electrons. The Balaban J connectivity index is 1.79. The van der Waals surface area contributed by atoms with E-state index in [1.54, 1.807) is 18.2 Å². The Hall–Kier alpha value is -3.59. The Kier molecular flexibility index (Phi) is 5.30. The van der Waals surface area contributed by atoms with Gasteiger partial charge in [0, 0.05) is 11.8 Å². The minimum absolute atomic E-state index is 0.0768. The molecule has 0 unspecified atom stereocenters. The predicted octanol–water partition coefficient (Wildman–Crippen LogP) is 4.62. The standard InChI is InChI=1S/C20H19N5O/c1-14(2)26-18-9-4-3-8-17(18)25-20-11-19(22-13-23-20)24-16-7-5-6-15(10-16)12-21/h3-11,13-14H,1-2H3,(H2,22,23,24,25). The molecule has 0 bridgehead atoms. The first-order valence-corrected chi connectivity index (χ1v) is 8.26. The van der Waals surface area contributed by atoms with E-state index >= 15 is 0 Å². The average Bonchev–Trinajstić information content (AvgIpc) is 2.63. The van der Waals surface area contributed by atoms with Gasteiger partial charge in [-0.25, -0.2) is 9.97 Å². The van der Waals surface area contributed by atoms with E-state index in [0.29, 0.717) is 17.2 Å². The molecule has 2 aromatic carbocycles. The Bertz CT molecular complexity index is 933. The molecule has 1 aromatic heterocycles. The second kappa shape index (κ2) is 7.99. The highest BCUT2D eigenvalue weighted by molar-refractivity contribution is 5.67. The average molecular weight is 345 g/mol. The van der Waals surface area contributed by atoms with Crippen LogP contribution in [0.15, 0.2) is 60.9 Å². The highest BCUT2D eigenvalue weighted by atomic mass is 16.5. The molecule has 1 heterocycles. The summed E-state index contributed by atoms with van der Waals surface area (Å²) >= 11 is 0. The lowest BCUT2D eigenvalue weighted by Gasteiger charge is -2.15. The minimum atomic E-state index is 0.0768. The van der Waals surface area contributed by atoms with Gasteiger partial charge in [-0.1, -0.05) is 18.2 Å². The van der Waals surface area contributed by atoms with Crippen molar-refractivity contribution in [3.63, 3.8) is 0 Å². The summed E-state index contributed by atoms with van der Waals surface area (Å²) in [5, 5.41) is 15.4. The van der Waals surface area contributed by atoms with Gasteiger partial charge in [0.2, 0.25) is 0 Å². The SMILES string of the molecule is CC(C)Oc1ccccc1Nc1cc(Nc2cccc(C#N)c2)ncn1. The van der Waals surface area contributed by atoms with Crippen LogP contribution in [0.25, 0.3) is 0 Å². The number of benzene rings is 2. The molecule has 3 rings (SSSR count). The van der Waals surface area contributed by atoms with E-state index in [1.165, 1.54) is 6.33 Å². The lowest BCUT2D eigenvalue weighted by molar-refractivity contribution is 0.244. The normalized spacial score (nSPS) is 10.2. The number of nitrogens with zero attached hydrogens (tertiary/aromatic N) is 3. The maximum absolute atomic E-state index is 9.00. The fourth-order valence-corrected chi connectivity index (χ4v) is 2.37. The van der Waals surface area contributed by atoms with Crippen molar-refractivity contribution in [2.45, 2.75) is 20.0 Å². The number of hydrogen-bond acceptors (Lipinski definition) is 6. The highest BCUT2D eigenvalue weighted by Gasteiger charge is 2.07. The van der Waals surface area contributed by atoms with Crippen LogP contribution in [0.2, 0.25) is 0 Å². The molecular formula is C20H19N5O.